The van der Waals surface area contributed by atoms with E-state index in [1.807, 2.05) is 12.1 Å². The van der Waals surface area contributed by atoms with E-state index in [1.165, 1.54) is 18.3 Å². The number of hydrogen-bond acceptors (Lipinski definition) is 5. The van der Waals surface area contributed by atoms with Gasteiger partial charge in [-0.1, -0.05) is 51.3 Å². The van der Waals surface area contributed by atoms with Gasteiger partial charge in [0.2, 0.25) is 0 Å². The van der Waals surface area contributed by atoms with E-state index in [-0.39, 0.29) is 17.2 Å². The van der Waals surface area contributed by atoms with Crippen LogP contribution >= 0.6 is 39.1 Å². The molecule has 3 rings (SSSR count). The molecule has 31 heavy (non-hydrogen) atoms. The van der Waals surface area contributed by atoms with Crippen LogP contribution in [0.25, 0.3) is 0 Å². The van der Waals surface area contributed by atoms with Gasteiger partial charge < -0.3 is 9.47 Å². The number of halogens is 3. The zero-order valence-corrected chi connectivity index (χ0v) is 18.9. The van der Waals surface area contributed by atoms with E-state index in [0.29, 0.717) is 22.1 Å². The highest BCUT2D eigenvalue weighted by Crippen LogP contribution is 2.23. The third-order valence-electron chi connectivity index (χ3n) is 3.81. The number of carbonyl (C=O) groups is 2. The molecule has 0 saturated heterocycles. The quantitative estimate of drug-likeness (QED) is 0.192. The third kappa shape index (κ3) is 7.10. The second-order valence-corrected chi connectivity index (χ2v) is 7.88. The molecule has 3 aromatic carbocycles. The first-order chi connectivity index (χ1) is 14.9. The summed E-state index contributed by atoms with van der Waals surface area (Å²) in [7, 11) is 0. The molecule has 1 N–H and O–H groups in total. The molecule has 0 heterocycles. The topological polar surface area (TPSA) is 77.0 Å². The average molecular weight is 522 g/mol. The van der Waals surface area contributed by atoms with Crippen molar-refractivity contribution in [2.75, 3.05) is 6.61 Å². The molecule has 0 radical (unpaired) electrons. The molecular formula is C22H15BrCl2N2O4. The van der Waals surface area contributed by atoms with Crippen molar-refractivity contribution in [3.63, 3.8) is 0 Å². The fraction of sp³-hybridized carbons (Fsp3) is 0.0455. The van der Waals surface area contributed by atoms with Crippen molar-refractivity contribution in [2.45, 2.75) is 0 Å². The Morgan fingerprint density at radius 3 is 2.52 bits per heavy atom. The van der Waals surface area contributed by atoms with E-state index < -0.39 is 11.9 Å². The Morgan fingerprint density at radius 1 is 1.00 bits per heavy atom. The van der Waals surface area contributed by atoms with Gasteiger partial charge in [-0.25, -0.2) is 10.2 Å². The summed E-state index contributed by atoms with van der Waals surface area (Å²) in [5, 5.41) is 4.50. The zero-order valence-electron chi connectivity index (χ0n) is 15.8. The third-order valence-corrected chi connectivity index (χ3v) is 4.88. The summed E-state index contributed by atoms with van der Waals surface area (Å²) in [6, 6.07) is 18.2. The minimum Gasteiger partial charge on any atom is -0.484 e. The van der Waals surface area contributed by atoms with Crippen molar-refractivity contribution in [1.29, 1.82) is 0 Å². The van der Waals surface area contributed by atoms with Crippen LogP contribution in [0.3, 0.4) is 0 Å². The molecule has 0 saturated carbocycles. The van der Waals surface area contributed by atoms with E-state index in [2.05, 4.69) is 26.5 Å². The number of rotatable bonds is 7. The zero-order chi connectivity index (χ0) is 22.2. The van der Waals surface area contributed by atoms with Gasteiger partial charge in [-0.3, -0.25) is 4.79 Å². The van der Waals surface area contributed by atoms with Crippen molar-refractivity contribution < 1.29 is 19.1 Å². The Bertz CT molecular complexity index is 1120. The highest BCUT2D eigenvalue weighted by Gasteiger charge is 2.13. The lowest BCUT2D eigenvalue weighted by molar-refractivity contribution is -0.123. The average Bonchev–Trinajstić information content (AvgIpc) is 2.73. The fourth-order valence-corrected chi connectivity index (χ4v) is 3.12. The van der Waals surface area contributed by atoms with Gasteiger partial charge in [0.05, 0.1) is 16.8 Å². The summed E-state index contributed by atoms with van der Waals surface area (Å²) >= 11 is 15.2. The summed E-state index contributed by atoms with van der Waals surface area (Å²) < 4.78 is 11.6. The number of nitrogens with one attached hydrogen (secondary N) is 1. The van der Waals surface area contributed by atoms with Crippen LogP contribution in [0.15, 0.2) is 76.3 Å². The minimum absolute atomic E-state index is 0.182. The van der Waals surface area contributed by atoms with Gasteiger partial charge in [-0.2, -0.15) is 5.10 Å². The molecule has 0 unspecified atom stereocenters. The number of nitrogens with zero attached hydrogens (tertiary/aromatic N) is 1. The molecule has 0 atom stereocenters. The fourth-order valence-electron chi connectivity index (χ4n) is 2.37. The van der Waals surface area contributed by atoms with E-state index in [0.717, 1.165) is 4.47 Å². The van der Waals surface area contributed by atoms with E-state index in [1.54, 1.807) is 42.5 Å². The Labute approximate surface area is 196 Å². The molecule has 0 aliphatic rings. The van der Waals surface area contributed by atoms with Crippen LogP contribution in [0.1, 0.15) is 15.9 Å². The molecule has 3 aromatic rings. The van der Waals surface area contributed by atoms with Crippen LogP contribution in [0.4, 0.5) is 0 Å². The van der Waals surface area contributed by atoms with Gasteiger partial charge >= 0.3 is 5.97 Å². The monoisotopic (exact) mass is 520 g/mol. The van der Waals surface area contributed by atoms with Crippen LogP contribution in [0, 0.1) is 0 Å². The standard InChI is InChI=1S/C22H15BrCl2N2O4/c23-15-4-7-17(8-5-15)30-13-21(28)27-26-12-14-2-1-3-18(10-14)31-22(29)19-9-6-16(24)11-20(19)25/h1-12H,13H2,(H,27,28)/b26-12-. The molecule has 158 valence electrons. The number of ether oxygens (including phenoxy) is 2. The first-order valence-corrected chi connectivity index (χ1v) is 10.4. The number of benzene rings is 3. The Balaban J connectivity index is 1.53. The lowest BCUT2D eigenvalue weighted by Crippen LogP contribution is -2.24. The maximum absolute atomic E-state index is 12.3. The van der Waals surface area contributed by atoms with Crippen LogP contribution in [0.2, 0.25) is 10.0 Å². The smallest absolute Gasteiger partial charge is 0.345 e. The van der Waals surface area contributed by atoms with E-state index >= 15 is 0 Å². The molecule has 9 heteroatoms. The summed E-state index contributed by atoms with van der Waals surface area (Å²) in [6.45, 7) is -0.182. The van der Waals surface area contributed by atoms with Crippen molar-refractivity contribution in [3.05, 3.63) is 92.4 Å². The van der Waals surface area contributed by atoms with Crippen LogP contribution < -0.4 is 14.9 Å². The highest BCUT2D eigenvalue weighted by molar-refractivity contribution is 9.10. The first kappa shape index (κ1) is 22.8. The number of hydrogen-bond donors (Lipinski definition) is 1. The van der Waals surface area contributed by atoms with Crippen molar-refractivity contribution in [2.24, 2.45) is 5.10 Å². The number of esters is 1. The maximum atomic E-state index is 12.3. The molecule has 1 amide bonds. The Morgan fingerprint density at radius 2 is 1.77 bits per heavy atom. The van der Waals surface area contributed by atoms with Gasteiger partial charge in [0.1, 0.15) is 11.5 Å². The molecular weight excluding hydrogens is 507 g/mol. The van der Waals surface area contributed by atoms with Gasteiger partial charge in [0.25, 0.3) is 5.91 Å². The summed E-state index contributed by atoms with van der Waals surface area (Å²) in [4.78, 5) is 24.2. The van der Waals surface area contributed by atoms with Crippen molar-refractivity contribution >= 4 is 57.2 Å². The second-order valence-electron chi connectivity index (χ2n) is 6.12. The molecule has 0 bridgehead atoms. The molecule has 6 nitrogen and oxygen atoms in total. The van der Waals surface area contributed by atoms with Crippen molar-refractivity contribution in [1.82, 2.24) is 5.43 Å². The maximum Gasteiger partial charge on any atom is 0.345 e. The number of carbonyl (C=O) groups excluding carboxylic acids is 2. The number of amides is 1. The first-order valence-electron chi connectivity index (χ1n) is 8.88. The van der Waals surface area contributed by atoms with Crippen LogP contribution in [-0.4, -0.2) is 24.7 Å². The predicted octanol–water partition coefficient (Wildman–Crippen LogP) is 5.50. The summed E-state index contributed by atoms with van der Waals surface area (Å²) in [5.41, 5.74) is 3.18. The Hall–Kier alpha value is -2.87. The normalized spacial score (nSPS) is 10.7. The molecule has 0 spiro atoms. The van der Waals surface area contributed by atoms with E-state index in [9.17, 15) is 9.59 Å². The predicted molar refractivity (Wildman–Crippen MR) is 123 cm³/mol. The molecule has 0 aliphatic carbocycles. The van der Waals surface area contributed by atoms with Gasteiger partial charge in [-0.05, 0) is 60.2 Å². The Kier molecular flexibility index (Phi) is 8.06. The summed E-state index contributed by atoms with van der Waals surface area (Å²) in [6.07, 6.45) is 1.42. The SMILES string of the molecule is O=C(COc1ccc(Br)cc1)N/N=C\c1cccc(OC(=O)c2ccc(Cl)cc2Cl)c1. The van der Waals surface area contributed by atoms with Crippen molar-refractivity contribution in [3.8, 4) is 11.5 Å². The minimum atomic E-state index is -0.617. The molecule has 0 aromatic heterocycles. The lowest BCUT2D eigenvalue weighted by Gasteiger charge is -2.07. The highest BCUT2D eigenvalue weighted by atomic mass is 79.9. The van der Waals surface area contributed by atoms with Crippen LogP contribution in [0.5, 0.6) is 11.5 Å². The van der Waals surface area contributed by atoms with Gasteiger partial charge in [0, 0.05) is 9.50 Å². The summed E-state index contributed by atoms with van der Waals surface area (Å²) in [5.74, 6) is -0.171. The second kappa shape index (κ2) is 10.9. The van der Waals surface area contributed by atoms with Gasteiger partial charge in [-0.15, -0.1) is 0 Å². The lowest BCUT2D eigenvalue weighted by atomic mass is 10.2. The molecule has 0 fully saturated rings. The van der Waals surface area contributed by atoms with E-state index in [4.69, 9.17) is 32.7 Å². The molecule has 0 aliphatic heterocycles. The van der Waals surface area contributed by atoms with Gasteiger partial charge in [0.15, 0.2) is 6.61 Å². The van der Waals surface area contributed by atoms with Crippen LogP contribution in [-0.2, 0) is 4.79 Å². The number of hydrazone groups is 1. The largest absolute Gasteiger partial charge is 0.484 e.